The summed E-state index contributed by atoms with van der Waals surface area (Å²) < 4.78 is 0. The topological polar surface area (TPSA) is 98.3 Å². The lowest BCUT2D eigenvalue weighted by atomic mass is 10.0. The highest BCUT2D eigenvalue weighted by molar-refractivity contribution is 7.15. The van der Waals surface area contributed by atoms with Crippen molar-refractivity contribution in [2.75, 3.05) is 5.73 Å². The van der Waals surface area contributed by atoms with Gasteiger partial charge >= 0.3 is 0 Å². The maximum absolute atomic E-state index is 12.6. The SMILES string of the molecule is Nc1scc(-c2cccc([N+](=O)[O-])c2)c1C(=O)NCc1ccccc1. The lowest BCUT2D eigenvalue weighted by Crippen LogP contribution is -2.23. The first kappa shape index (κ1) is 16.7. The van der Waals surface area contributed by atoms with Crippen molar-refractivity contribution in [2.24, 2.45) is 0 Å². The van der Waals surface area contributed by atoms with Crippen LogP contribution in [-0.4, -0.2) is 10.8 Å². The number of carbonyl (C=O) groups is 1. The first-order valence-corrected chi connectivity index (χ1v) is 8.38. The Morgan fingerprint density at radius 3 is 2.64 bits per heavy atom. The molecule has 25 heavy (non-hydrogen) atoms. The van der Waals surface area contributed by atoms with Crippen LogP contribution in [0.4, 0.5) is 10.7 Å². The van der Waals surface area contributed by atoms with Gasteiger partial charge in [0.25, 0.3) is 11.6 Å². The van der Waals surface area contributed by atoms with E-state index in [1.807, 2.05) is 30.3 Å². The predicted molar refractivity (Wildman–Crippen MR) is 98.4 cm³/mol. The first-order valence-electron chi connectivity index (χ1n) is 7.50. The van der Waals surface area contributed by atoms with Gasteiger partial charge in [0.1, 0.15) is 0 Å². The number of benzene rings is 2. The molecule has 6 nitrogen and oxygen atoms in total. The molecule has 0 bridgehead atoms. The van der Waals surface area contributed by atoms with Gasteiger partial charge in [0, 0.05) is 29.6 Å². The molecule has 0 unspecified atom stereocenters. The quantitative estimate of drug-likeness (QED) is 0.538. The number of rotatable bonds is 5. The normalized spacial score (nSPS) is 10.4. The summed E-state index contributed by atoms with van der Waals surface area (Å²) in [5.74, 6) is -0.302. The van der Waals surface area contributed by atoms with Crippen molar-refractivity contribution >= 4 is 27.9 Å². The van der Waals surface area contributed by atoms with Crippen molar-refractivity contribution in [1.82, 2.24) is 5.32 Å². The third-order valence-corrected chi connectivity index (χ3v) is 4.52. The van der Waals surface area contributed by atoms with Crippen LogP contribution in [0.5, 0.6) is 0 Å². The Bertz CT molecular complexity index is 922. The van der Waals surface area contributed by atoms with Gasteiger partial charge in [-0.25, -0.2) is 0 Å². The molecule has 1 amide bonds. The zero-order valence-corrected chi connectivity index (χ0v) is 14.0. The number of carbonyl (C=O) groups excluding carboxylic acids is 1. The number of thiophene rings is 1. The van der Waals surface area contributed by atoms with E-state index in [9.17, 15) is 14.9 Å². The maximum atomic E-state index is 12.6. The predicted octanol–water partition coefficient (Wildman–Crippen LogP) is 3.84. The number of nitrogens with two attached hydrogens (primary N) is 1. The zero-order chi connectivity index (χ0) is 17.8. The third kappa shape index (κ3) is 3.67. The monoisotopic (exact) mass is 353 g/mol. The van der Waals surface area contributed by atoms with Gasteiger partial charge in [-0.2, -0.15) is 0 Å². The second kappa shape index (κ2) is 7.14. The lowest BCUT2D eigenvalue weighted by molar-refractivity contribution is -0.384. The van der Waals surface area contributed by atoms with Crippen LogP contribution in [0.15, 0.2) is 60.0 Å². The second-order valence-corrected chi connectivity index (χ2v) is 6.28. The molecule has 3 aromatic rings. The molecule has 1 aromatic heterocycles. The highest BCUT2D eigenvalue weighted by atomic mass is 32.1. The van der Waals surface area contributed by atoms with Gasteiger partial charge in [0.15, 0.2) is 0 Å². The van der Waals surface area contributed by atoms with Crippen LogP contribution < -0.4 is 11.1 Å². The van der Waals surface area contributed by atoms with Gasteiger partial charge < -0.3 is 11.1 Å². The van der Waals surface area contributed by atoms with E-state index < -0.39 is 4.92 Å². The summed E-state index contributed by atoms with van der Waals surface area (Å²) in [5.41, 5.74) is 8.45. The average Bonchev–Trinajstić information content (AvgIpc) is 3.02. The lowest BCUT2D eigenvalue weighted by Gasteiger charge is -2.08. The average molecular weight is 353 g/mol. The molecule has 0 aliphatic heterocycles. The van der Waals surface area contributed by atoms with Crippen molar-refractivity contribution in [3.8, 4) is 11.1 Å². The molecule has 3 N–H and O–H groups in total. The number of hydrogen-bond acceptors (Lipinski definition) is 5. The van der Waals surface area contributed by atoms with E-state index in [4.69, 9.17) is 5.73 Å². The standard InChI is InChI=1S/C18H15N3O3S/c19-17-16(18(22)20-10-12-5-2-1-3-6-12)15(11-25-17)13-7-4-8-14(9-13)21(23)24/h1-9,11H,10,19H2,(H,20,22). The first-order chi connectivity index (χ1) is 12.1. The van der Waals surface area contributed by atoms with E-state index in [1.54, 1.807) is 17.5 Å². The number of nitrogens with one attached hydrogen (secondary N) is 1. The Kier molecular flexibility index (Phi) is 4.76. The number of nitrogen functional groups attached to an aromatic ring is 1. The fourth-order valence-electron chi connectivity index (χ4n) is 2.47. The fourth-order valence-corrected chi connectivity index (χ4v) is 3.29. The largest absolute Gasteiger partial charge is 0.390 e. The minimum atomic E-state index is -0.464. The molecule has 3 rings (SSSR count). The molecular formula is C18H15N3O3S. The maximum Gasteiger partial charge on any atom is 0.270 e. The van der Waals surface area contributed by atoms with E-state index in [1.165, 1.54) is 23.5 Å². The van der Waals surface area contributed by atoms with Gasteiger partial charge in [-0.3, -0.25) is 14.9 Å². The Labute approximate surface area is 148 Å². The molecule has 0 atom stereocenters. The molecular weight excluding hydrogens is 338 g/mol. The molecule has 0 fully saturated rings. The zero-order valence-electron chi connectivity index (χ0n) is 13.1. The summed E-state index contributed by atoms with van der Waals surface area (Å²) in [6.07, 6.45) is 0. The van der Waals surface area contributed by atoms with Gasteiger partial charge in [-0.15, -0.1) is 11.3 Å². The number of nitro benzene ring substituents is 1. The van der Waals surface area contributed by atoms with E-state index >= 15 is 0 Å². The summed E-state index contributed by atoms with van der Waals surface area (Å²) in [6.45, 7) is 0.378. The van der Waals surface area contributed by atoms with E-state index in [0.29, 0.717) is 28.2 Å². The Morgan fingerprint density at radius 1 is 1.16 bits per heavy atom. The second-order valence-electron chi connectivity index (χ2n) is 5.36. The summed E-state index contributed by atoms with van der Waals surface area (Å²) in [7, 11) is 0. The van der Waals surface area contributed by atoms with Gasteiger partial charge in [-0.1, -0.05) is 42.5 Å². The Balaban J connectivity index is 1.87. The number of anilines is 1. The van der Waals surface area contributed by atoms with Gasteiger partial charge in [0.2, 0.25) is 0 Å². The van der Waals surface area contributed by atoms with Crippen molar-refractivity contribution in [2.45, 2.75) is 6.54 Å². The van der Waals surface area contributed by atoms with Crippen molar-refractivity contribution in [3.63, 3.8) is 0 Å². The van der Waals surface area contributed by atoms with Crippen LogP contribution >= 0.6 is 11.3 Å². The summed E-state index contributed by atoms with van der Waals surface area (Å²) in [4.78, 5) is 23.1. The van der Waals surface area contributed by atoms with Crippen molar-refractivity contribution in [3.05, 3.63) is 81.2 Å². The van der Waals surface area contributed by atoms with Crippen LogP contribution in [-0.2, 0) is 6.54 Å². The molecule has 1 heterocycles. The number of amides is 1. The Hall–Kier alpha value is -3.19. The highest BCUT2D eigenvalue weighted by Gasteiger charge is 2.19. The molecule has 0 aliphatic rings. The molecule has 126 valence electrons. The Morgan fingerprint density at radius 2 is 1.92 bits per heavy atom. The van der Waals surface area contributed by atoms with Crippen molar-refractivity contribution < 1.29 is 9.72 Å². The molecule has 0 aliphatic carbocycles. The van der Waals surface area contributed by atoms with Crippen molar-refractivity contribution in [1.29, 1.82) is 0 Å². The number of nitro groups is 1. The highest BCUT2D eigenvalue weighted by Crippen LogP contribution is 2.34. The molecule has 0 spiro atoms. The van der Waals surface area contributed by atoms with Gasteiger partial charge in [0.05, 0.1) is 15.5 Å². The van der Waals surface area contributed by atoms with Gasteiger partial charge in [-0.05, 0) is 11.1 Å². The third-order valence-electron chi connectivity index (χ3n) is 3.71. The van der Waals surface area contributed by atoms with Crippen LogP contribution in [0.2, 0.25) is 0 Å². The summed E-state index contributed by atoms with van der Waals surface area (Å²) in [5, 5.41) is 15.9. The van der Waals surface area contributed by atoms with E-state index in [-0.39, 0.29) is 11.6 Å². The summed E-state index contributed by atoms with van der Waals surface area (Å²) >= 11 is 1.24. The summed E-state index contributed by atoms with van der Waals surface area (Å²) in [6, 6.07) is 15.7. The fraction of sp³-hybridized carbons (Fsp3) is 0.0556. The number of nitrogens with zero attached hydrogens (tertiary/aromatic N) is 1. The van der Waals surface area contributed by atoms with Crippen LogP contribution in [0.1, 0.15) is 15.9 Å². The van der Waals surface area contributed by atoms with Crippen LogP contribution in [0.25, 0.3) is 11.1 Å². The van der Waals surface area contributed by atoms with E-state index in [0.717, 1.165) is 5.56 Å². The minimum Gasteiger partial charge on any atom is -0.390 e. The van der Waals surface area contributed by atoms with Crippen LogP contribution in [0, 0.1) is 10.1 Å². The van der Waals surface area contributed by atoms with E-state index in [2.05, 4.69) is 5.32 Å². The van der Waals surface area contributed by atoms with Crippen LogP contribution in [0.3, 0.4) is 0 Å². The minimum absolute atomic E-state index is 0.0297. The molecule has 0 radical (unpaired) electrons. The molecule has 7 heteroatoms. The smallest absolute Gasteiger partial charge is 0.270 e. The molecule has 0 saturated heterocycles. The number of non-ortho nitro benzene ring substituents is 1. The molecule has 2 aromatic carbocycles. The molecule has 0 saturated carbocycles. The number of hydrogen-bond donors (Lipinski definition) is 2.